The topological polar surface area (TPSA) is 65.7 Å². The molecule has 0 radical (unpaired) electrons. The van der Waals surface area contributed by atoms with Crippen molar-refractivity contribution in [2.75, 3.05) is 19.6 Å². The monoisotopic (exact) mass is 389 g/mol. The molecule has 2 N–H and O–H groups in total. The van der Waals surface area contributed by atoms with Crippen LogP contribution in [0.25, 0.3) is 0 Å². The molecule has 1 aliphatic rings. The Bertz CT molecular complexity index is 702. The van der Waals surface area contributed by atoms with Crippen LogP contribution in [0.1, 0.15) is 56.5 Å². The van der Waals surface area contributed by atoms with Crippen LogP contribution in [-0.2, 0) is 13.1 Å². The third kappa shape index (κ3) is 6.07. The van der Waals surface area contributed by atoms with E-state index < -0.39 is 0 Å². The zero-order chi connectivity index (χ0) is 19.1. The number of guanidine groups is 1. The molecule has 7 heteroatoms. The van der Waals surface area contributed by atoms with Crippen molar-refractivity contribution in [3.8, 4) is 0 Å². The summed E-state index contributed by atoms with van der Waals surface area (Å²) in [4.78, 5) is 7.21. The lowest BCUT2D eigenvalue weighted by atomic mass is 10.0. The van der Waals surface area contributed by atoms with E-state index in [0.29, 0.717) is 18.5 Å². The van der Waals surface area contributed by atoms with Crippen molar-refractivity contribution < 1.29 is 4.52 Å². The highest BCUT2D eigenvalue weighted by Crippen LogP contribution is 2.16. The summed E-state index contributed by atoms with van der Waals surface area (Å²) in [6.07, 6.45) is 2.27. The highest BCUT2D eigenvalue weighted by Gasteiger charge is 2.20. The smallest absolute Gasteiger partial charge is 0.191 e. The largest absolute Gasteiger partial charge is 0.359 e. The van der Waals surface area contributed by atoms with Crippen molar-refractivity contribution in [3.05, 3.63) is 39.9 Å². The Kier molecular flexibility index (Phi) is 7.29. The predicted octanol–water partition coefficient (Wildman–Crippen LogP) is 3.58. The van der Waals surface area contributed by atoms with Gasteiger partial charge in [0.1, 0.15) is 6.54 Å². The molecule has 0 spiro atoms. The van der Waals surface area contributed by atoms with Gasteiger partial charge in [0.05, 0.1) is 5.69 Å². The number of nitrogens with zero attached hydrogens (tertiary/aromatic N) is 3. The molecule has 0 aliphatic carbocycles. The number of rotatable bonds is 7. The summed E-state index contributed by atoms with van der Waals surface area (Å²) in [5.41, 5.74) is 2.41. The molecule has 0 unspecified atom stereocenters. The normalized spacial score (nSPS) is 16.8. The van der Waals surface area contributed by atoms with E-state index in [9.17, 15) is 0 Å². The molecular weight excluding hydrogens is 358 g/mol. The molecule has 148 valence electrons. The highest BCUT2D eigenvalue weighted by atomic mass is 32.1. The molecule has 0 atom stereocenters. The second-order valence-electron chi connectivity index (χ2n) is 7.39. The Morgan fingerprint density at radius 2 is 2.22 bits per heavy atom. The van der Waals surface area contributed by atoms with Crippen LogP contribution < -0.4 is 10.6 Å². The Labute approximate surface area is 166 Å². The first-order chi connectivity index (χ1) is 13.1. The van der Waals surface area contributed by atoms with Gasteiger partial charge in [0, 0.05) is 38.3 Å². The van der Waals surface area contributed by atoms with E-state index in [-0.39, 0.29) is 0 Å². The zero-order valence-electron chi connectivity index (χ0n) is 16.6. The van der Waals surface area contributed by atoms with Gasteiger partial charge in [-0.25, -0.2) is 4.99 Å². The first-order valence-corrected chi connectivity index (χ1v) is 10.8. The van der Waals surface area contributed by atoms with Crippen LogP contribution in [0, 0.1) is 0 Å². The number of likely N-dealkylation sites (tertiary alicyclic amines) is 1. The molecule has 2 aromatic rings. The summed E-state index contributed by atoms with van der Waals surface area (Å²) in [5, 5.41) is 15.4. The van der Waals surface area contributed by atoms with Crippen molar-refractivity contribution in [1.82, 2.24) is 20.7 Å². The molecule has 27 heavy (non-hydrogen) atoms. The van der Waals surface area contributed by atoms with E-state index >= 15 is 0 Å². The van der Waals surface area contributed by atoms with E-state index in [1.165, 1.54) is 5.56 Å². The van der Waals surface area contributed by atoms with Crippen LogP contribution in [0.2, 0.25) is 0 Å². The summed E-state index contributed by atoms with van der Waals surface area (Å²) in [6, 6.07) is 4.68. The van der Waals surface area contributed by atoms with Gasteiger partial charge in [-0.3, -0.25) is 4.90 Å². The van der Waals surface area contributed by atoms with Crippen molar-refractivity contribution in [3.63, 3.8) is 0 Å². The van der Waals surface area contributed by atoms with Crippen molar-refractivity contribution >= 4 is 17.3 Å². The maximum absolute atomic E-state index is 5.39. The first kappa shape index (κ1) is 19.9. The zero-order valence-corrected chi connectivity index (χ0v) is 17.4. The molecule has 1 saturated heterocycles. The Hall–Kier alpha value is -1.86. The standard InChI is InChI=1S/C20H31N5OS/c1-4-21-20(22-12-18-11-19(15(2)3)24-26-18)23-17-5-8-25(9-6-17)13-16-7-10-27-14-16/h7,10-11,14-15,17H,4-6,8-9,12-13H2,1-3H3,(H2,21,22,23). The van der Waals surface area contributed by atoms with Crippen LogP contribution in [0.4, 0.5) is 0 Å². The second-order valence-corrected chi connectivity index (χ2v) is 8.17. The van der Waals surface area contributed by atoms with Crippen LogP contribution in [0.15, 0.2) is 32.4 Å². The molecule has 0 saturated carbocycles. The fourth-order valence-corrected chi connectivity index (χ4v) is 3.88. The molecule has 0 bridgehead atoms. The minimum atomic E-state index is 0.372. The molecule has 1 fully saturated rings. The molecule has 1 aliphatic heterocycles. The van der Waals surface area contributed by atoms with Gasteiger partial charge in [-0.05, 0) is 48.1 Å². The van der Waals surface area contributed by atoms with Crippen LogP contribution in [-0.4, -0.2) is 41.7 Å². The molecule has 2 aromatic heterocycles. The number of nitrogens with one attached hydrogen (secondary N) is 2. The van der Waals surface area contributed by atoms with E-state index in [0.717, 1.165) is 56.4 Å². The van der Waals surface area contributed by atoms with Crippen molar-refractivity contribution in [1.29, 1.82) is 0 Å². The lowest BCUT2D eigenvalue weighted by Gasteiger charge is -2.32. The minimum absolute atomic E-state index is 0.372. The number of piperidine rings is 1. The predicted molar refractivity (Wildman–Crippen MR) is 111 cm³/mol. The average Bonchev–Trinajstić information content (AvgIpc) is 3.33. The quantitative estimate of drug-likeness (QED) is 0.560. The van der Waals surface area contributed by atoms with Gasteiger partial charge in [0.25, 0.3) is 0 Å². The van der Waals surface area contributed by atoms with E-state index in [4.69, 9.17) is 4.52 Å². The lowest BCUT2D eigenvalue weighted by Crippen LogP contribution is -2.48. The summed E-state index contributed by atoms with van der Waals surface area (Å²) in [7, 11) is 0. The molecule has 0 amide bonds. The highest BCUT2D eigenvalue weighted by molar-refractivity contribution is 7.07. The van der Waals surface area contributed by atoms with Gasteiger partial charge in [-0.2, -0.15) is 11.3 Å². The molecule has 0 aromatic carbocycles. The Balaban J connectivity index is 1.48. The number of thiophene rings is 1. The summed E-state index contributed by atoms with van der Waals surface area (Å²) >= 11 is 1.77. The van der Waals surface area contributed by atoms with Gasteiger partial charge in [-0.15, -0.1) is 0 Å². The van der Waals surface area contributed by atoms with Crippen LogP contribution >= 0.6 is 11.3 Å². The molecule has 6 nitrogen and oxygen atoms in total. The fourth-order valence-electron chi connectivity index (χ4n) is 3.22. The summed E-state index contributed by atoms with van der Waals surface area (Å²) in [6.45, 7) is 11.0. The molecule has 3 rings (SSSR count). The van der Waals surface area contributed by atoms with Crippen molar-refractivity contribution in [2.45, 2.75) is 58.7 Å². The Morgan fingerprint density at radius 3 is 2.85 bits per heavy atom. The molecule has 3 heterocycles. The third-order valence-corrected chi connectivity index (χ3v) is 5.55. The van der Waals surface area contributed by atoms with Crippen molar-refractivity contribution in [2.24, 2.45) is 4.99 Å². The summed E-state index contributed by atoms with van der Waals surface area (Å²) < 4.78 is 5.39. The number of aliphatic imine (C=N–C) groups is 1. The SMILES string of the molecule is CCNC(=NCc1cc(C(C)C)no1)NC1CCN(Cc2ccsc2)CC1. The maximum Gasteiger partial charge on any atom is 0.191 e. The van der Waals surface area contributed by atoms with Gasteiger partial charge in [0.15, 0.2) is 11.7 Å². The van der Waals surface area contributed by atoms with Crippen LogP contribution in [0.5, 0.6) is 0 Å². The number of hydrogen-bond donors (Lipinski definition) is 2. The minimum Gasteiger partial charge on any atom is -0.359 e. The second kappa shape index (κ2) is 9.90. The van der Waals surface area contributed by atoms with E-state index in [2.05, 4.69) is 63.3 Å². The van der Waals surface area contributed by atoms with Gasteiger partial charge in [-0.1, -0.05) is 19.0 Å². The first-order valence-electron chi connectivity index (χ1n) is 9.87. The lowest BCUT2D eigenvalue weighted by molar-refractivity contribution is 0.198. The van der Waals surface area contributed by atoms with Gasteiger partial charge >= 0.3 is 0 Å². The van der Waals surface area contributed by atoms with Gasteiger partial charge < -0.3 is 15.2 Å². The maximum atomic E-state index is 5.39. The average molecular weight is 390 g/mol. The Morgan fingerprint density at radius 1 is 1.41 bits per heavy atom. The van der Waals surface area contributed by atoms with Crippen LogP contribution in [0.3, 0.4) is 0 Å². The summed E-state index contributed by atoms with van der Waals surface area (Å²) in [5.74, 6) is 2.04. The molecular formula is C20H31N5OS. The van der Waals surface area contributed by atoms with Gasteiger partial charge in [0.2, 0.25) is 0 Å². The fraction of sp³-hybridized carbons (Fsp3) is 0.600. The third-order valence-electron chi connectivity index (χ3n) is 4.82. The van der Waals surface area contributed by atoms with E-state index in [1.807, 2.05) is 6.07 Å². The number of hydrogen-bond acceptors (Lipinski definition) is 5. The number of aromatic nitrogens is 1. The van der Waals surface area contributed by atoms with E-state index in [1.54, 1.807) is 11.3 Å².